The quantitative estimate of drug-likeness (QED) is 0.905. The average Bonchev–Trinajstić information content (AvgIpc) is 2.30. The molecule has 0 aliphatic carbocycles. The van der Waals surface area contributed by atoms with E-state index in [0.29, 0.717) is 0 Å². The summed E-state index contributed by atoms with van der Waals surface area (Å²) in [6.07, 6.45) is 1.91. The van der Waals surface area contributed by atoms with Gasteiger partial charge in [-0.2, -0.15) is 0 Å². The molecule has 17 heavy (non-hydrogen) atoms. The van der Waals surface area contributed by atoms with Crippen LogP contribution < -0.4 is 5.32 Å². The minimum Gasteiger partial charge on any atom is -0.373 e. The Bertz CT molecular complexity index is 336. The molecule has 0 radical (unpaired) electrons. The van der Waals surface area contributed by atoms with Crippen LogP contribution in [0.15, 0.2) is 18.2 Å². The Kier molecular flexibility index (Phi) is 5.82. The molecule has 0 spiro atoms. The fourth-order valence-corrected chi connectivity index (χ4v) is 1.83. The molecule has 1 aliphatic rings. The SMILES string of the molecule is Cl.Fc1cccc(F)c1COC1CCNCC1. The van der Waals surface area contributed by atoms with Crippen molar-refractivity contribution in [3.63, 3.8) is 0 Å². The van der Waals surface area contributed by atoms with Crippen LogP contribution in [0.1, 0.15) is 18.4 Å². The highest BCUT2D eigenvalue weighted by Gasteiger charge is 2.15. The summed E-state index contributed by atoms with van der Waals surface area (Å²) in [5, 5.41) is 3.21. The normalized spacial score (nSPS) is 16.6. The lowest BCUT2D eigenvalue weighted by molar-refractivity contribution is 0.0185. The van der Waals surface area contributed by atoms with Crippen LogP contribution in [0.4, 0.5) is 8.78 Å². The summed E-state index contributed by atoms with van der Waals surface area (Å²) in [5.74, 6) is -1.07. The van der Waals surface area contributed by atoms with Crippen LogP contribution >= 0.6 is 12.4 Å². The Morgan fingerprint density at radius 2 is 1.76 bits per heavy atom. The third-order valence-electron chi connectivity index (χ3n) is 2.81. The van der Waals surface area contributed by atoms with Crippen LogP contribution in [0.2, 0.25) is 0 Å². The maximum Gasteiger partial charge on any atom is 0.131 e. The second kappa shape index (κ2) is 6.89. The Hall–Kier alpha value is -0.710. The summed E-state index contributed by atoms with van der Waals surface area (Å²) in [6, 6.07) is 3.87. The van der Waals surface area contributed by atoms with Gasteiger partial charge in [-0.15, -0.1) is 12.4 Å². The predicted octanol–water partition coefficient (Wildman–Crippen LogP) is 2.66. The molecule has 1 aromatic rings. The van der Waals surface area contributed by atoms with E-state index in [9.17, 15) is 8.78 Å². The van der Waals surface area contributed by atoms with Crippen molar-refractivity contribution in [1.82, 2.24) is 5.32 Å². The predicted molar refractivity (Wildman–Crippen MR) is 64.3 cm³/mol. The minimum atomic E-state index is -0.533. The Morgan fingerprint density at radius 3 is 2.35 bits per heavy atom. The van der Waals surface area contributed by atoms with E-state index < -0.39 is 11.6 Å². The van der Waals surface area contributed by atoms with E-state index in [1.807, 2.05) is 0 Å². The summed E-state index contributed by atoms with van der Waals surface area (Å²) >= 11 is 0. The molecule has 96 valence electrons. The van der Waals surface area contributed by atoms with Gasteiger partial charge in [0.25, 0.3) is 0 Å². The fraction of sp³-hybridized carbons (Fsp3) is 0.500. The third-order valence-corrected chi connectivity index (χ3v) is 2.81. The highest BCUT2D eigenvalue weighted by molar-refractivity contribution is 5.85. The summed E-state index contributed by atoms with van der Waals surface area (Å²) in [5.41, 5.74) is 0.0287. The van der Waals surface area contributed by atoms with E-state index in [1.54, 1.807) is 0 Å². The van der Waals surface area contributed by atoms with Crippen molar-refractivity contribution in [2.45, 2.75) is 25.6 Å². The first-order chi connectivity index (χ1) is 7.77. The van der Waals surface area contributed by atoms with Gasteiger partial charge in [0.15, 0.2) is 0 Å². The Morgan fingerprint density at radius 1 is 1.18 bits per heavy atom. The van der Waals surface area contributed by atoms with E-state index >= 15 is 0 Å². The Balaban J connectivity index is 0.00000144. The van der Waals surface area contributed by atoms with Crippen molar-refractivity contribution in [3.8, 4) is 0 Å². The number of ether oxygens (including phenoxy) is 1. The molecular formula is C12H16ClF2NO. The molecule has 1 fully saturated rings. The molecule has 2 nitrogen and oxygen atoms in total. The first-order valence-corrected chi connectivity index (χ1v) is 5.52. The highest BCUT2D eigenvalue weighted by atomic mass is 35.5. The number of benzene rings is 1. The van der Waals surface area contributed by atoms with Crippen molar-refractivity contribution >= 4 is 12.4 Å². The molecule has 0 bridgehead atoms. The summed E-state index contributed by atoms with van der Waals surface area (Å²) in [7, 11) is 0. The molecule has 1 N–H and O–H groups in total. The number of rotatable bonds is 3. The Labute approximate surface area is 106 Å². The first kappa shape index (κ1) is 14.4. The van der Waals surface area contributed by atoms with E-state index in [2.05, 4.69) is 5.32 Å². The molecule has 0 aromatic heterocycles. The molecule has 1 saturated heterocycles. The topological polar surface area (TPSA) is 21.3 Å². The second-order valence-electron chi connectivity index (χ2n) is 3.96. The van der Waals surface area contributed by atoms with Gasteiger partial charge in [-0.3, -0.25) is 0 Å². The van der Waals surface area contributed by atoms with Crippen molar-refractivity contribution < 1.29 is 13.5 Å². The summed E-state index contributed by atoms with van der Waals surface area (Å²) in [6.45, 7) is 1.83. The smallest absolute Gasteiger partial charge is 0.131 e. The molecule has 0 atom stereocenters. The second-order valence-corrected chi connectivity index (χ2v) is 3.96. The van der Waals surface area contributed by atoms with Gasteiger partial charge in [-0.25, -0.2) is 8.78 Å². The maximum atomic E-state index is 13.3. The van der Waals surface area contributed by atoms with Gasteiger partial charge in [0.2, 0.25) is 0 Å². The number of halogens is 3. The van der Waals surface area contributed by atoms with Crippen LogP contribution in [0, 0.1) is 11.6 Å². The lowest BCUT2D eigenvalue weighted by atomic mass is 10.1. The molecule has 0 amide bonds. The summed E-state index contributed by atoms with van der Waals surface area (Å²) < 4.78 is 32.1. The van der Waals surface area contributed by atoms with Gasteiger partial charge in [0.05, 0.1) is 12.7 Å². The fourth-order valence-electron chi connectivity index (χ4n) is 1.83. The van der Waals surface area contributed by atoms with Crippen molar-refractivity contribution in [3.05, 3.63) is 35.4 Å². The van der Waals surface area contributed by atoms with Crippen LogP contribution in [0.3, 0.4) is 0 Å². The third kappa shape index (κ3) is 3.91. The number of hydrogen-bond acceptors (Lipinski definition) is 2. The van der Waals surface area contributed by atoms with Gasteiger partial charge in [0.1, 0.15) is 11.6 Å². The molecule has 1 heterocycles. The molecule has 0 unspecified atom stereocenters. The van der Waals surface area contributed by atoms with E-state index in [4.69, 9.17) is 4.74 Å². The monoisotopic (exact) mass is 263 g/mol. The number of piperidine rings is 1. The zero-order valence-corrected chi connectivity index (χ0v) is 10.2. The largest absolute Gasteiger partial charge is 0.373 e. The molecule has 5 heteroatoms. The molecule has 0 saturated carbocycles. The number of nitrogens with one attached hydrogen (secondary N) is 1. The lowest BCUT2D eigenvalue weighted by Crippen LogP contribution is -2.32. The molecule has 1 aromatic carbocycles. The molecule has 2 rings (SSSR count). The van der Waals surface area contributed by atoms with Gasteiger partial charge in [-0.1, -0.05) is 6.07 Å². The number of hydrogen-bond donors (Lipinski definition) is 1. The average molecular weight is 264 g/mol. The van der Waals surface area contributed by atoms with Gasteiger partial charge < -0.3 is 10.1 Å². The lowest BCUT2D eigenvalue weighted by Gasteiger charge is -2.23. The van der Waals surface area contributed by atoms with Crippen LogP contribution in [0.5, 0.6) is 0 Å². The van der Waals surface area contributed by atoms with Crippen LogP contribution in [-0.4, -0.2) is 19.2 Å². The molecular weight excluding hydrogens is 248 g/mol. The van der Waals surface area contributed by atoms with Crippen LogP contribution in [-0.2, 0) is 11.3 Å². The van der Waals surface area contributed by atoms with Crippen molar-refractivity contribution in [2.75, 3.05) is 13.1 Å². The van der Waals surface area contributed by atoms with E-state index in [0.717, 1.165) is 25.9 Å². The van der Waals surface area contributed by atoms with E-state index in [-0.39, 0.29) is 30.7 Å². The first-order valence-electron chi connectivity index (χ1n) is 5.52. The van der Waals surface area contributed by atoms with Crippen molar-refractivity contribution in [1.29, 1.82) is 0 Å². The van der Waals surface area contributed by atoms with Crippen LogP contribution in [0.25, 0.3) is 0 Å². The zero-order valence-electron chi connectivity index (χ0n) is 9.42. The maximum absolute atomic E-state index is 13.3. The van der Waals surface area contributed by atoms with Gasteiger partial charge in [-0.05, 0) is 38.1 Å². The molecule has 1 aliphatic heterocycles. The van der Waals surface area contributed by atoms with Gasteiger partial charge in [0, 0.05) is 5.56 Å². The zero-order chi connectivity index (χ0) is 11.4. The summed E-state index contributed by atoms with van der Waals surface area (Å²) in [4.78, 5) is 0. The highest BCUT2D eigenvalue weighted by Crippen LogP contribution is 2.16. The van der Waals surface area contributed by atoms with Gasteiger partial charge >= 0.3 is 0 Å². The van der Waals surface area contributed by atoms with E-state index in [1.165, 1.54) is 18.2 Å². The van der Waals surface area contributed by atoms with Crippen molar-refractivity contribution in [2.24, 2.45) is 0 Å². The standard InChI is InChI=1S/C12H15F2NO.ClH/c13-11-2-1-3-12(14)10(11)8-16-9-4-6-15-7-5-9;/h1-3,9,15H,4-8H2;1H. The minimum absolute atomic E-state index is 0.